The molecule has 2 N–H and O–H groups in total. The van der Waals surface area contributed by atoms with E-state index in [1.807, 2.05) is 23.2 Å². The largest absolute Gasteiger partial charge is 0.340 e. The van der Waals surface area contributed by atoms with Crippen LogP contribution in [0.15, 0.2) is 18.3 Å². The summed E-state index contributed by atoms with van der Waals surface area (Å²) in [5.41, 5.74) is 6.64. The predicted molar refractivity (Wildman–Crippen MR) is 70.4 cm³/mol. The first-order chi connectivity index (χ1) is 8.81. The van der Waals surface area contributed by atoms with Gasteiger partial charge in [0.15, 0.2) is 0 Å². The number of amides is 1. The fourth-order valence-electron chi connectivity index (χ4n) is 2.91. The van der Waals surface area contributed by atoms with E-state index in [1.165, 1.54) is 19.3 Å². The van der Waals surface area contributed by atoms with Crippen LogP contribution in [-0.4, -0.2) is 34.5 Å². The van der Waals surface area contributed by atoms with Gasteiger partial charge in [-0.2, -0.15) is 0 Å². The van der Waals surface area contributed by atoms with E-state index in [2.05, 4.69) is 4.57 Å². The maximum Gasteiger partial charge on any atom is 0.270 e. The molecule has 1 saturated carbocycles. The Morgan fingerprint density at radius 3 is 2.89 bits per heavy atom. The molecule has 18 heavy (non-hydrogen) atoms. The number of nitrogens with two attached hydrogens (primary N) is 1. The maximum atomic E-state index is 12.6. The van der Waals surface area contributed by atoms with Gasteiger partial charge < -0.3 is 15.2 Å². The van der Waals surface area contributed by atoms with Gasteiger partial charge in [-0.1, -0.05) is 0 Å². The molecule has 98 valence electrons. The molecule has 4 nitrogen and oxygen atoms in total. The Bertz CT molecular complexity index is 436. The molecule has 1 saturated heterocycles. The molecule has 2 aliphatic rings. The first-order valence-corrected chi connectivity index (χ1v) is 6.99. The van der Waals surface area contributed by atoms with Crippen molar-refractivity contribution in [1.82, 2.24) is 9.47 Å². The van der Waals surface area contributed by atoms with E-state index >= 15 is 0 Å². The molecule has 3 rings (SSSR count). The molecule has 1 aromatic heterocycles. The van der Waals surface area contributed by atoms with Gasteiger partial charge in [-0.05, 0) is 44.2 Å². The van der Waals surface area contributed by atoms with E-state index in [9.17, 15) is 4.79 Å². The zero-order chi connectivity index (χ0) is 12.5. The van der Waals surface area contributed by atoms with E-state index in [1.54, 1.807) is 0 Å². The maximum absolute atomic E-state index is 12.6. The lowest BCUT2D eigenvalue weighted by Crippen LogP contribution is -2.47. The SMILES string of the molecule is NCC1CCCCN1C(=O)c1cccn1C1CC1. The summed E-state index contributed by atoms with van der Waals surface area (Å²) in [6.07, 6.45) is 7.78. The second-order valence-corrected chi connectivity index (χ2v) is 5.42. The summed E-state index contributed by atoms with van der Waals surface area (Å²) >= 11 is 0. The van der Waals surface area contributed by atoms with Gasteiger partial charge in [0.05, 0.1) is 0 Å². The van der Waals surface area contributed by atoms with Crippen molar-refractivity contribution in [2.45, 2.75) is 44.2 Å². The van der Waals surface area contributed by atoms with Crippen LogP contribution in [0.1, 0.15) is 48.6 Å². The Morgan fingerprint density at radius 1 is 1.33 bits per heavy atom. The van der Waals surface area contributed by atoms with Crippen molar-refractivity contribution in [3.05, 3.63) is 24.0 Å². The highest BCUT2D eigenvalue weighted by atomic mass is 16.2. The summed E-state index contributed by atoms with van der Waals surface area (Å²) in [5.74, 6) is 0.169. The fraction of sp³-hybridized carbons (Fsp3) is 0.643. The van der Waals surface area contributed by atoms with E-state index in [4.69, 9.17) is 5.73 Å². The number of piperidine rings is 1. The zero-order valence-corrected chi connectivity index (χ0v) is 10.7. The van der Waals surface area contributed by atoms with Crippen LogP contribution in [0.4, 0.5) is 0 Å². The highest BCUT2D eigenvalue weighted by Crippen LogP contribution is 2.36. The summed E-state index contributed by atoms with van der Waals surface area (Å²) < 4.78 is 2.14. The van der Waals surface area contributed by atoms with E-state index in [-0.39, 0.29) is 11.9 Å². The monoisotopic (exact) mass is 247 g/mol. The van der Waals surface area contributed by atoms with Crippen molar-refractivity contribution < 1.29 is 4.79 Å². The Hall–Kier alpha value is -1.29. The van der Waals surface area contributed by atoms with Gasteiger partial charge in [0.25, 0.3) is 5.91 Å². The molecule has 4 heteroatoms. The minimum Gasteiger partial charge on any atom is -0.340 e. The van der Waals surface area contributed by atoms with Crippen LogP contribution in [-0.2, 0) is 0 Å². The average molecular weight is 247 g/mol. The summed E-state index contributed by atoms with van der Waals surface area (Å²) in [7, 11) is 0. The quantitative estimate of drug-likeness (QED) is 0.885. The minimum absolute atomic E-state index is 0.169. The highest BCUT2D eigenvalue weighted by Gasteiger charge is 2.31. The molecule has 1 aromatic rings. The van der Waals surface area contributed by atoms with E-state index in [0.29, 0.717) is 12.6 Å². The van der Waals surface area contributed by atoms with Crippen LogP contribution in [0.25, 0.3) is 0 Å². The van der Waals surface area contributed by atoms with Gasteiger partial charge >= 0.3 is 0 Å². The van der Waals surface area contributed by atoms with Gasteiger partial charge in [0.1, 0.15) is 5.69 Å². The van der Waals surface area contributed by atoms with Crippen LogP contribution >= 0.6 is 0 Å². The van der Waals surface area contributed by atoms with Crippen LogP contribution < -0.4 is 5.73 Å². The fourth-order valence-corrected chi connectivity index (χ4v) is 2.91. The van der Waals surface area contributed by atoms with E-state index < -0.39 is 0 Å². The number of carbonyl (C=O) groups excluding carboxylic acids is 1. The molecular weight excluding hydrogens is 226 g/mol. The molecule has 0 spiro atoms. The van der Waals surface area contributed by atoms with Crippen LogP contribution in [0.5, 0.6) is 0 Å². The smallest absolute Gasteiger partial charge is 0.270 e. The zero-order valence-electron chi connectivity index (χ0n) is 10.7. The number of hydrogen-bond donors (Lipinski definition) is 1. The summed E-state index contributed by atoms with van der Waals surface area (Å²) in [4.78, 5) is 14.6. The first kappa shape index (κ1) is 11.8. The number of carbonyl (C=O) groups is 1. The lowest BCUT2D eigenvalue weighted by Gasteiger charge is -2.35. The third-order valence-electron chi connectivity index (χ3n) is 4.10. The second-order valence-electron chi connectivity index (χ2n) is 5.42. The molecule has 2 fully saturated rings. The van der Waals surface area contributed by atoms with Crippen molar-refractivity contribution in [2.24, 2.45) is 5.73 Å². The molecule has 2 heterocycles. The van der Waals surface area contributed by atoms with Crippen LogP contribution in [0, 0.1) is 0 Å². The molecule has 0 radical (unpaired) electrons. The Kier molecular flexibility index (Phi) is 3.12. The molecule has 1 atom stereocenters. The molecule has 1 unspecified atom stereocenters. The first-order valence-electron chi connectivity index (χ1n) is 6.99. The number of aromatic nitrogens is 1. The average Bonchev–Trinajstić information content (AvgIpc) is 3.15. The van der Waals surface area contributed by atoms with Crippen molar-refractivity contribution >= 4 is 5.91 Å². The van der Waals surface area contributed by atoms with Gasteiger partial charge in [0, 0.05) is 31.4 Å². The van der Waals surface area contributed by atoms with Crippen LogP contribution in [0.2, 0.25) is 0 Å². The third-order valence-corrected chi connectivity index (χ3v) is 4.10. The second kappa shape index (κ2) is 4.76. The number of likely N-dealkylation sites (tertiary alicyclic amines) is 1. The number of hydrogen-bond acceptors (Lipinski definition) is 2. The minimum atomic E-state index is 0.169. The normalized spacial score (nSPS) is 24.3. The van der Waals surface area contributed by atoms with Crippen molar-refractivity contribution in [3.63, 3.8) is 0 Å². The van der Waals surface area contributed by atoms with Crippen LogP contribution in [0.3, 0.4) is 0 Å². The summed E-state index contributed by atoms with van der Waals surface area (Å²) in [6, 6.07) is 4.71. The lowest BCUT2D eigenvalue weighted by atomic mass is 10.0. The predicted octanol–water partition coefficient (Wildman–Crippen LogP) is 1.78. The summed E-state index contributed by atoms with van der Waals surface area (Å²) in [5, 5.41) is 0. The topological polar surface area (TPSA) is 51.3 Å². The number of rotatable bonds is 3. The Morgan fingerprint density at radius 2 is 2.17 bits per heavy atom. The molecule has 1 aliphatic heterocycles. The molecule has 0 bridgehead atoms. The molecule has 0 aromatic carbocycles. The van der Waals surface area contributed by atoms with E-state index in [0.717, 1.165) is 25.1 Å². The number of nitrogens with zero attached hydrogens (tertiary/aromatic N) is 2. The summed E-state index contributed by atoms with van der Waals surface area (Å²) in [6.45, 7) is 1.44. The highest BCUT2D eigenvalue weighted by molar-refractivity contribution is 5.93. The lowest BCUT2D eigenvalue weighted by molar-refractivity contribution is 0.0612. The van der Waals surface area contributed by atoms with Gasteiger partial charge in [-0.3, -0.25) is 4.79 Å². The van der Waals surface area contributed by atoms with Crippen molar-refractivity contribution in [3.8, 4) is 0 Å². The van der Waals surface area contributed by atoms with Crippen molar-refractivity contribution in [1.29, 1.82) is 0 Å². The van der Waals surface area contributed by atoms with Gasteiger partial charge in [0.2, 0.25) is 0 Å². The Balaban J connectivity index is 1.81. The molecule has 1 aliphatic carbocycles. The van der Waals surface area contributed by atoms with Gasteiger partial charge in [-0.15, -0.1) is 0 Å². The standard InChI is InChI=1S/C14H21N3O/c15-10-12-4-1-2-8-17(12)14(18)13-5-3-9-16(13)11-6-7-11/h3,5,9,11-12H,1-2,4,6-8,10,15H2. The van der Waals surface area contributed by atoms with Gasteiger partial charge in [-0.25, -0.2) is 0 Å². The molecule has 1 amide bonds. The third kappa shape index (κ3) is 2.05. The van der Waals surface area contributed by atoms with Crippen molar-refractivity contribution in [2.75, 3.05) is 13.1 Å². The Labute approximate surface area is 108 Å². The molecular formula is C14H21N3O.